The summed E-state index contributed by atoms with van der Waals surface area (Å²) in [5, 5.41) is 12.2. The van der Waals surface area contributed by atoms with E-state index in [1.165, 1.54) is 6.92 Å². The van der Waals surface area contributed by atoms with Crippen LogP contribution in [0.2, 0.25) is 26.2 Å². The van der Waals surface area contributed by atoms with E-state index in [9.17, 15) is 38.4 Å². The van der Waals surface area contributed by atoms with Crippen molar-refractivity contribution in [1.82, 2.24) is 21.3 Å². The molecule has 1 fully saturated rings. The van der Waals surface area contributed by atoms with Gasteiger partial charge in [-0.2, -0.15) is 0 Å². The Kier molecular flexibility index (Phi) is 30.3. The summed E-state index contributed by atoms with van der Waals surface area (Å²) in [7, 11) is 5.32. The molecule has 0 radical (unpaired) electrons. The van der Waals surface area contributed by atoms with Crippen molar-refractivity contribution in [1.29, 1.82) is 0 Å². The van der Waals surface area contributed by atoms with Crippen LogP contribution in [0.15, 0.2) is 23.6 Å². The Morgan fingerprint density at radius 2 is 1.23 bits per heavy atom. The first-order valence-corrected chi connectivity index (χ1v) is 33.1. The summed E-state index contributed by atoms with van der Waals surface area (Å²) in [5.74, 6) is -4.62. The van der Waals surface area contributed by atoms with Crippen LogP contribution in [0, 0.1) is 22.7 Å². The number of carbonyl (C=O) groups excluding carboxylic acids is 8. The SMILES string of the molecule is CCOC(=O)CC(CCC(C)=O)C(=O)NCC1(C)CC(NC(=O)C(CCCC(=O)NCCC[N+](C)(C)CC(=O)OC/C=C/[Si](C)(C)O[Si](C)(C)/C=C/COC(=O)C[N+](C)(C)CCCNC)C(=O)OCC)CC(C)(C)C1. The van der Waals surface area contributed by atoms with Crippen molar-refractivity contribution >= 4 is 64.0 Å². The number of carbonyl (C=O) groups is 8. The number of hydrogen-bond donors (Lipinski definition) is 4. The van der Waals surface area contributed by atoms with Gasteiger partial charge in [0.05, 0.1) is 60.9 Å². The minimum atomic E-state index is -2.26. The average molecular weight is 1100 g/mol. The van der Waals surface area contributed by atoms with E-state index >= 15 is 0 Å². The molecule has 3 amide bonds. The van der Waals surface area contributed by atoms with Gasteiger partial charge in [-0.1, -0.05) is 44.3 Å². The molecule has 0 bridgehead atoms. The van der Waals surface area contributed by atoms with Crippen LogP contribution in [0.25, 0.3) is 0 Å². The predicted octanol–water partition coefficient (Wildman–Crippen LogP) is 5.06. The quantitative estimate of drug-likeness (QED) is 0.0159. The number of esters is 4. The lowest BCUT2D eigenvalue weighted by molar-refractivity contribution is -0.883. The smallest absolute Gasteiger partial charge is 0.362 e. The monoisotopic (exact) mass is 1100 g/mol. The highest BCUT2D eigenvalue weighted by Crippen LogP contribution is 2.46. The van der Waals surface area contributed by atoms with Crippen LogP contribution in [0.3, 0.4) is 0 Å². The number of rotatable bonds is 37. The summed E-state index contributed by atoms with van der Waals surface area (Å²) >= 11 is 0. The Morgan fingerprint density at radius 3 is 1.75 bits per heavy atom. The molecule has 0 aliphatic heterocycles. The Balaban J connectivity index is 2.62. The molecule has 19 nitrogen and oxygen atoms in total. The van der Waals surface area contributed by atoms with Crippen molar-refractivity contribution in [3.8, 4) is 0 Å². The summed E-state index contributed by atoms with van der Waals surface area (Å²) in [5.41, 5.74) is 3.39. The number of Topliss-reactive ketones (excluding diaryl/α,β-unsaturated/α-hetero) is 1. The van der Waals surface area contributed by atoms with Gasteiger partial charge in [0.15, 0.2) is 29.7 Å². The number of amides is 3. The highest BCUT2D eigenvalue weighted by molar-refractivity contribution is 6.89. The van der Waals surface area contributed by atoms with Crippen molar-refractivity contribution in [2.75, 3.05) is 107 Å². The molecular formula is C54H100N6O13Si2+2. The van der Waals surface area contributed by atoms with Crippen molar-refractivity contribution < 1.29 is 70.4 Å². The molecule has 0 aromatic carbocycles. The zero-order valence-electron chi connectivity index (χ0n) is 48.8. The molecule has 0 aromatic heterocycles. The third-order valence-electron chi connectivity index (χ3n) is 13.0. The Hall–Kier alpha value is -4.29. The molecule has 0 heterocycles. The van der Waals surface area contributed by atoms with Gasteiger partial charge < -0.3 is 58.1 Å². The molecule has 430 valence electrons. The molecule has 75 heavy (non-hydrogen) atoms. The lowest BCUT2D eigenvalue weighted by atomic mass is 9.62. The van der Waals surface area contributed by atoms with Gasteiger partial charge in [-0.15, -0.1) is 0 Å². The highest BCUT2D eigenvalue weighted by Gasteiger charge is 2.43. The molecular weight excluding hydrogens is 997 g/mol. The van der Waals surface area contributed by atoms with Crippen LogP contribution in [0.4, 0.5) is 0 Å². The fourth-order valence-electron chi connectivity index (χ4n) is 9.95. The topological polar surface area (TPSA) is 231 Å². The molecule has 4 N–H and O–H groups in total. The zero-order valence-corrected chi connectivity index (χ0v) is 50.8. The number of nitrogens with zero attached hydrogens (tertiary/aromatic N) is 2. The van der Waals surface area contributed by atoms with E-state index in [0.29, 0.717) is 47.9 Å². The van der Waals surface area contributed by atoms with E-state index in [-0.39, 0.29) is 119 Å². The fraction of sp³-hybridized carbons (Fsp3) is 0.778. The molecule has 0 saturated heterocycles. The van der Waals surface area contributed by atoms with Crippen LogP contribution in [0.1, 0.15) is 112 Å². The largest absolute Gasteiger partial charge is 0.466 e. The van der Waals surface area contributed by atoms with Gasteiger partial charge in [0.25, 0.3) is 0 Å². The molecule has 0 spiro atoms. The van der Waals surface area contributed by atoms with Gasteiger partial charge in [-0.05, 0) is 103 Å². The molecule has 1 aliphatic rings. The molecule has 1 rings (SSSR count). The summed E-state index contributed by atoms with van der Waals surface area (Å²) in [4.78, 5) is 102. The number of ketones is 1. The lowest BCUT2D eigenvalue weighted by Crippen LogP contribution is -2.52. The number of hydrogen-bond acceptors (Lipinski definition) is 14. The standard InChI is InChI=1S/C54H98N6O13Si2/c1-16-69-47(63)35-43(26-25-42(3)61)50(66)57-41-54(6)37-44(36-53(4,5)40-54)58-51(67)45(52(68)70-17-2)23-18-24-46(62)56-28-20-30-60(10,11)39-49(65)72-32-22-34-75(14,15)73-74(12,13)33-21-31-71-48(64)38-59(8,9)29-19-27-55-7/h21-22,33-34,43-45,55H,16-20,23-32,35-41H2,1-15H3,(H-2,56,57,58,62,66,67)/p+2/b33-21+,34-22+. The molecule has 4 atom stereocenters. The average Bonchev–Trinajstić information content (AvgIpc) is 3.26. The van der Waals surface area contributed by atoms with Crippen molar-refractivity contribution in [2.45, 2.75) is 144 Å². The second kappa shape index (κ2) is 33.1. The van der Waals surface area contributed by atoms with Crippen molar-refractivity contribution in [2.24, 2.45) is 22.7 Å². The van der Waals surface area contributed by atoms with Gasteiger partial charge in [0.1, 0.15) is 24.9 Å². The zero-order chi connectivity index (χ0) is 57.1. The number of nitrogens with one attached hydrogen (secondary N) is 4. The van der Waals surface area contributed by atoms with Crippen LogP contribution >= 0.6 is 0 Å². The molecule has 4 unspecified atom stereocenters. The Morgan fingerprint density at radius 1 is 0.680 bits per heavy atom. The second-order valence-corrected chi connectivity index (χ2v) is 31.8. The van der Waals surface area contributed by atoms with Gasteiger partial charge in [0, 0.05) is 57.3 Å². The first-order chi connectivity index (χ1) is 34.8. The summed E-state index contributed by atoms with van der Waals surface area (Å²) in [6.07, 6.45) is 7.98. The lowest BCUT2D eigenvalue weighted by Gasteiger charge is -2.47. The van der Waals surface area contributed by atoms with E-state index in [4.69, 9.17) is 23.1 Å². The van der Waals surface area contributed by atoms with E-state index < -0.39 is 51.7 Å². The molecule has 0 aromatic rings. The number of quaternary nitrogens is 2. The van der Waals surface area contributed by atoms with Gasteiger partial charge in [0.2, 0.25) is 17.7 Å². The number of likely N-dealkylation sites (N-methyl/N-ethyl adjacent to an activating group) is 2. The highest BCUT2D eigenvalue weighted by atomic mass is 28.4. The molecule has 21 heteroatoms. The maximum Gasteiger partial charge on any atom is 0.362 e. The van der Waals surface area contributed by atoms with E-state index in [1.54, 1.807) is 13.8 Å². The Labute approximate surface area is 452 Å². The summed E-state index contributed by atoms with van der Waals surface area (Å²) in [6.45, 7) is 23.5. The minimum Gasteiger partial charge on any atom is -0.466 e. The fourth-order valence-corrected chi connectivity index (χ4v) is 17.3. The molecule has 1 saturated carbocycles. The van der Waals surface area contributed by atoms with E-state index in [1.807, 2.05) is 65.7 Å². The van der Waals surface area contributed by atoms with Gasteiger partial charge in [-0.25, -0.2) is 9.59 Å². The summed E-state index contributed by atoms with van der Waals surface area (Å²) < 4.78 is 28.9. The van der Waals surface area contributed by atoms with Crippen LogP contribution < -0.4 is 21.3 Å². The summed E-state index contributed by atoms with van der Waals surface area (Å²) in [6, 6.07) is -0.307. The van der Waals surface area contributed by atoms with Crippen LogP contribution in [-0.4, -0.2) is 187 Å². The van der Waals surface area contributed by atoms with Gasteiger partial charge >= 0.3 is 23.9 Å². The third kappa shape index (κ3) is 31.5. The predicted molar refractivity (Wildman–Crippen MR) is 295 cm³/mol. The second-order valence-electron chi connectivity index (χ2n) is 23.9. The maximum absolute atomic E-state index is 13.8. The Bertz CT molecular complexity index is 1920. The minimum absolute atomic E-state index is 0.0728. The maximum atomic E-state index is 13.8. The van der Waals surface area contributed by atoms with Crippen LogP contribution in [-0.2, 0) is 61.4 Å². The molecule has 1 aliphatic carbocycles. The van der Waals surface area contributed by atoms with Crippen LogP contribution in [0.5, 0.6) is 0 Å². The van der Waals surface area contributed by atoms with Crippen molar-refractivity contribution in [3.63, 3.8) is 0 Å². The first kappa shape index (κ1) is 68.7. The van der Waals surface area contributed by atoms with Crippen molar-refractivity contribution in [3.05, 3.63) is 23.6 Å². The first-order valence-electron chi connectivity index (χ1n) is 27.1. The normalized spacial score (nSPS) is 17.9. The van der Waals surface area contributed by atoms with Gasteiger partial charge in [-0.3, -0.25) is 24.0 Å². The van der Waals surface area contributed by atoms with E-state index in [2.05, 4.69) is 61.3 Å². The number of ether oxygens (including phenoxy) is 4. The van der Waals surface area contributed by atoms with E-state index in [0.717, 1.165) is 25.9 Å². The third-order valence-corrected chi connectivity index (χ3v) is 19.3.